The molecule has 1 heterocycles. The van der Waals surface area contributed by atoms with E-state index in [9.17, 15) is 31.5 Å². The van der Waals surface area contributed by atoms with Crippen LogP contribution in [0.4, 0.5) is 27.6 Å². The highest BCUT2D eigenvalue weighted by Crippen LogP contribution is 2.24. The highest BCUT2D eigenvalue weighted by atomic mass is 19.4. The van der Waals surface area contributed by atoms with Crippen LogP contribution in [0.25, 0.3) is 0 Å². The molecule has 166 valence electrons. The van der Waals surface area contributed by atoms with Gasteiger partial charge < -0.3 is 15.0 Å². The minimum Gasteiger partial charge on any atom is -0.406 e. The van der Waals surface area contributed by atoms with E-state index in [4.69, 9.17) is 0 Å². The van der Waals surface area contributed by atoms with Crippen molar-refractivity contribution in [3.05, 3.63) is 59.7 Å². The molecule has 1 aliphatic rings. The van der Waals surface area contributed by atoms with Crippen LogP contribution in [-0.2, 0) is 4.79 Å². The number of hydrogen-bond donors (Lipinski definition) is 1. The topological polar surface area (TPSA) is 61.9 Å². The number of piperazine rings is 1. The van der Waals surface area contributed by atoms with E-state index in [1.165, 1.54) is 17.0 Å². The van der Waals surface area contributed by atoms with Gasteiger partial charge >= 0.3 is 6.36 Å². The van der Waals surface area contributed by atoms with Crippen LogP contribution in [0.5, 0.6) is 5.75 Å². The molecule has 1 N–H and O–H groups in total. The highest BCUT2D eigenvalue weighted by molar-refractivity contribution is 5.95. The van der Waals surface area contributed by atoms with Crippen molar-refractivity contribution in [2.75, 3.05) is 38.0 Å². The maximum absolute atomic E-state index is 13.8. The van der Waals surface area contributed by atoms with Crippen LogP contribution in [0, 0.1) is 11.6 Å². The molecule has 11 heteroatoms. The zero-order chi connectivity index (χ0) is 22.6. The first-order valence-corrected chi connectivity index (χ1v) is 9.23. The van der Waals surface area contributed by atoms with Crippen molar-refractivity contribution in [1.29, 1.82) is 0 Å². The SMILES string of the molecule is O=C(CN1CCN(C(=O)c2cc(F)ccc2F)CC1)Nc1ccc(OC(F)(F)F)cc1. The number of carbonyl (C=O) groups is 2. The van der Waals surface area contributed by atoms with E-state index >= 15 is 0 Å². The molecule has 0 aliphatic carbocycles. The van der Waals surface area contributed by atoms with Crippen LogP contribution in [0.1, 0.15) is 10.4 Å². The fourth-order valence-corrected chi connectivity index (χ4v) is 3.08. The minimum atomic E-state index is -4.80. The Morgan fingerprint density at radius 3 is 2.23 bits per heavy atom. The number of halogens is 5. The van der Waals surface area contributed by atoms with E-state index in [1.54, 1.807) is 4.90 Å². The monoisotopic (exact) mass is 443 g/mol. The molecule has 2 aromatic carbocycles. The molecule has 0 spiro atoms. The van der Waals surface area contributed by atoms with Gasteiger partial charge in [-0.2, -0.15) is 0 Å². The molecule has 0 aromatic heterocycles. The summed E-state index contributed by atoms with van der Waals surface area (Å²) in [6.07, 6.45) is -4.80. The molecular formula is C20H18F5N3O3. The van der Waals surface area contributed by atoms with E-state index in [1.807, 2.05) is 0 Å². The molecule has 31 heavy (non-hydrogen) atoms. The summed E-state index contributed by atoms with van der Waals surface area (Å²) in [7, 11) is 0. The highest BCUT2D eigenvalue weighted by Gasteiger charge is 2.31. The van der Waals surface area contributed by atoms with E-state index < -0.39 is 29.7 Å². The lowest BCUT2D eigenvalue weighted by molar-refractivity contribution is -0.274. The van der Waals surface area contributed by atoms with Crippen molar-refractivity contribution < 1.29 is 36.3 Å². The Labute approximate surface area is 174 Å². The second-order valence-corrected chi connectivity index (χ2v) is 6.81. The molecule has 0 bridgehead atoms. The normalized spacial score (nSPS) is 14.9. The van der Waals surface area contributed by atoms with Gasteiger partial charge in [-0.3, -0.25) is 14.5 Å². The first-order chi connectivity index (χ1) is 14.6. The van der Waals surface area contributed by atoms with Crippen LogP contribution in [0.2, 0.25) is 0 Å². The number of hydrogen-bond acceptors (Lipinski definition) is 4. The summed E-state index contributed by atoms with van der Waals surface area (Å²) in [5.74, 6) is -2.93. The summed E-state index contributed by atoms with van der Waals surface area (Å²) in [4.78, 5) is 27.7. The van der Waals surface area contributed by atoms with Gasteiger partial charge in [-0.25, -0.2) is 8.78 Å². The Morgan fingerprint density at radius 2 is 1.61 bits per heavy atom. The average molecular weight is 443 g/mol. The summed E-state index contributed by atoms with van der Waals surface area (Å²) in [6, 6.07) is 7.40. The van der Waals surface area contributed by atoms with Crippen molar-refractivity contribution in [2.24, 2.45) is 0 Å². The van der Waals surface area contributed by atoms with Gasteiger partial charge in [0.2, 0.25) is 5.91 Å². The van der Waals surface area contributed by atoms with Gasteiger partial charge in [0.05, 0.1) is 12.1 Å². The molecule has 0 unspecified atom stereocenters. The number of alkyl halides is 3. The lowest BCUT2D eigenvalue weighted by atomic mass is 10.1. The van der Waals surface area contributed by atoms with Crippen LogP contribution in [0.3, 0.4) is 0 Å². The second-order valence-electron chi connectivity index (χ2n) is 6.81. The maximum Gasteiger partial charge on any atom is 0.573 e. The molecule has 3 rings (SSSR count). The molecule has 6 nitrogen and oxygen atoms in total. The predicted molar refractivity (Wildman–Crippen MR) is 100 cm³/mol. The number of nitrogens with one attached hydrogen (secondary N) is 1. The van der Waals surface area contributed by atoms with Crippen LogP contribution in [0.15, 0.2) is 42.5 Å². The van der Waals surface area contributed by atoms with Gasteiger partial charge in [-0.15, -0.1) is 13.2 Å². The Hall–Kier alpha value is -3.21. The number of nitrogens with zero attached hydrogens (tertiary/aromatic N) is 2. The van der Waals surface area contributed by atoms with Gasteiger partial charge in [-0.05, 0) is 42.5 Å². The summed E-state index contributed by atoms with van der Waals surface area (Å²) in [5.41, 5.74) is -0.0425. The fourth-order valence-electron chi connectivity index (χ4n) is 3.08. The first-order valence-electron chi connectivity index (χ1n) is 9.23. The maximum atomic E-state index is 13.8. The Bertz CT molecular complexity index is 942. The summed E-state index contributed by atoms with van der Waals surface area (Å²) in [5, 5.41) is 2.56. The third-order valence-electron chi connectivity index (χ3n) is 4.56. The third kappa shape index (κ3) is 6.38. The quantitative estimate of drug-likeness (QED) is 0.721. The number of anilines is 1. The number of rotatable bonds is 5. The van der Waals surface area contributed by atoms with E-state index in [0.29, 0.717) is 18.8 Å². The van der Waals surface area contributed by atoms with E-state index in [2.05, 4.69) is 10.1 Å². The average Bonchev–Trinajstić information content (AvgIpc) is 2.70. The van der Waals surface area contributed by atoms with Crippen molar-refractivity contribution in [2.45, 2.75) is 6.36 Å². The van der Waals surface area contributed by atoms with Crippen LogP contribution in [-0.4, -0.2) is 60.7 Å². The van der Waals surface area contributed by atoms with Gasteiger partial charge in [-0.1, -0.05) is 0 Å². The molecule has 2 amide bonds. The zero-order valence-electron chi connectivity index (χ0n) is 16.1. The van der Waals surface area contributed by atoms with Crippen LogP contribution >= 0.6 is 0 Å². The van der Waals surface area contributed by atoms with Gasteiger partial charge in [0.25, 0.3) is 5.91 Å². The standard InChI is InChI=1S/C20H18F5N3O3/c21-13-1-6-17(22)16(11-13)19(30)28-9-7-27(8-10-28)12-18(29)26-14-2-4-15(5-3-14)31-20(23,24)25/h1-6,11H,7-10,12H2,(H,26,29). The lowest BCUT2D eigenvalue weighted by Crippen LogP contribution is -2.50. The minimum absolute atomic E-state index is 0.00282. The number of benzene rings is 2. The van der Waals surface area contributed by atoms with Gasteiger partial charge in [0.15, 0.2) is 0 Å². The first kappa shape index (κ1) is 22.5. The molecule has 1 fully saturated rings. The smallest absolute Gasteiger partial charge is 0.406 e. The molecular weight excluding hydrogens is 425 g/mol. The molecule has 0 saturated carbocycles. The zero-order valence-corrected chi connectivity index (χ0v) is 16.1. The van der Waals surface area contributed by atoms with E-state index in [-0.39, 0.29) is 31.1 Å². The lowest BCUT2D eigenvalue weighted by Gasteiger charge is -2.34. The third-order valence-corrected chi connectivity index (χ3v) is 4.56. The Morgan fingerprint density at radius 1 is 0.968 bits per heavy atom. The van der Waals surface area contributed by atoms with Crippen LogP contribution < -0.4 is 10.1 Å². The van der Waals surface area contributed by atoms with Crippen molar-refractivity contribution >= 4 is 17.5 Å². The fraction of sp³-hybridized carbons (Fsp3) is 0.300. The van der Waals surface area contributed by atoms with Crippen molar-refractivity contribution in [1.82, 2.24) is 9.80 Å². The Kier molecular flexibility index (Phi) is 6.74. The largest absolute Gasteiger partial charge is 0.573 e. The Balaban J connectivity index is 1.48. The number of amides is 2. The summed E-state index contributed by atoms with van der Waals surface area (Å²) >= 11 is 0. The number of ether oxygens (including phenoxy) is 1. The second kappa shape index (κ2) is 9.29. The summed E-state index contributed by atoms with van der Waals surface area (Å²) in [6.45, 7) is 1.14. The van der Waals surface area contributed by atoms with E-state index in [0.717, 1.165) is 30.3 Å². The molecule has 1 aliphatic heterocycles. The van der Waals surface area contributed by atoms with Gasteiger partial charge in [0.1, 0.15) is 17.4 Å². The molecule has 0 atom stereocenters. The van der Waals surface area contributed by atoms with Gasteiger partial charge in [0, 0.05) is 31.9 Å². The summed E-state index contributed by atoms with van der Waals surface area (Å²) < 4.78 is 67.4. The van der Waals surface area contributed by atoms with Crippen molar-refractivity contribution in [3.63, 3.8) is 0 Å². The van der Waals surface area contributed by atoms with Crippen molar-refractivity contribution in [3.8, 4) is 5.75 Å². The molecule has 0 radical (unpaired) electrons. The molecule has 1 saturated heterocycles. The number of carbonyl (C=O) groups excluding carboxylic acids is 2. The predicted octanol–water partition coefficient (Wildman–Crippen LogP) is 3.26. The molecule has 2 aromatic rings.